The van der Waals surface area contributed by atoms with E-state index in [-0.39, 0.29) is 11.9 Å². The van der Waals surface area contributed by atoms with E-state index < -0.39 is 0 Å². The summed E-state index contributed by atoms with van der Waals surface area (Å²) in [4.78, 5) is 0. The zero-order chi connectivity index (χ0) is 14.7. The third kappa shape index (κ3) is 3.83. The minimum absolute atomic E-state index is 0.217. The lowest BCUT2D eigenvalue weighted by molar-refractivity contribution is 0.546. The first-order valence-electron chi connectivity index (χ1n) is 6.16. The van der Waals surface area contributed by atoms with Gasteiger partial charge in [0.05, 0.1) is 13.6 Å². The molecule has 1 aromatic heterocycles. The van der Waals surface area contributed by atoms with Crippen LogP contribution < -0.4 is 5.32 Å². The third-order valence-corrected chi connectivity index (χ3v) is 5.48. The Kier molecular flexibility index (Phi) is 6.05. The lowest BCUT2D eigenvalue weighted by Gasteiger charge is -2.19. The van der Waals surface area contributed by atoms with Gasteiger partial charge in [0, 0.05) is 10.6 Å². The van der Waals surface area contributed by atoms with Gasteiger partial charge in [-0.15, -0.1) is 11.3 Å². The zero-order valence-corrected chi connectivity index (χ0v) is 15.5. The monoisotopic (exact) mass is 439 g/mol. The third-order valence-electron chi connectivity index (χ3n) is 2.86. The molecule has 1 N–H and O–H groups in total. The highest BCUT2D eigenvalue weighted by Crippen LogP contribution is 2.38. The molecule has 0 bridgehead atoms. The van der Waals surface area contributed by atoms with Crippen molar-refractivity contribution < 1.29 is 4.39 Å². The predicted octanol–water partition coefficient (Wildman–Crippen LogP) is 6.15. The van der Waals surface area contributed by atoms with Gasteiger partial charge >= 0.3 is 0 Å². The highest BCUT2D eigenvalue weighted by atomic mass is 79.9. The van der Waals surface area contributed by atoms with Crippen molar-refractivity contribution in [2.24, 2.45) is 0 Å². The van der Waals surface area contributed by atoms with Gasteiger partial charge in [-0.2, -0.15) is 0 Å². The molecule has 1 atom stereocenters. The van der Waals surface area contributed by atoms with Crippen molar-refractivity contribution in [2.45, 2.75) is 19.4 Å². The summed E-state index contributed by atoms with van der Waals surface area (Å²) in [5, 5.41) is 3.92. The van der Waals surface area contributed by atoms with E-state index in [2.05, 4.69) is 44.1 Å². The molecule has 0 radical (unpaired) electrons. The quantitative estimate of drug-likeness (QED) is 0.586. The van der Waals surface area contributed by atoms with E-state index in [0.29, 0.717) is 10.6 Å². The Labute approximate surface area is 143 Å². The summed E-state index contributed by atoms with van der Waals surface area (Å²) < 4.78 is 16.1. The van der Waals surface area contributed by atoms with Crippen LogP contribution in [0.4, 0.5) is 4.39 Å². The molecule has 1 heterocycles. The molecule has 1 nitrogen and oxygen atoms in total. The number of rotatable bonds is 5. The van der Waals surface area contributed by atoms with E-state index in [1.165, 1.54) is 6.07 Å². The number of hydrogen-bond acceptors (Lipinski definition) is 2. The molecule has 0 amide bonds. The molecule has 0 fully saturated rings. The number of hydrogen-bond donors (Lipinski definition) is 1. The van der Waals surface area contributed by atoms with Crippen molar-refractivity contribution in [1.82, 2.24) is 5.32 Å². The second-order valence-corrected chi connectivity index (χ2v) is 8.52. The van der Waals surface area contributed by atoms with Crippen LogP contribution in [0.2, 0.25) is 5.02 Å². The summed E-state index contributed by atoms with van der Waals surface area (Å²) in [6.07, 6.45) is 0.974. The number of halogens is 4. The Morgan fingerprint density at radius 3 is 2.65 bits per heavy atom. The fourth-order valence-corrected chi connectivity index (χ4v) is 5.04. The van der Waals surface area contributed by atoms with Gasteiger partial charge in [-0.05, 0) is 74.7 Å². The summed E-state index contributed by atoms with van der Waals surface area (Å²) >= 11 is 14.6. The van der Waals surface area contributed by atoms with E-state index in [9.17, 15) is 4.39 Å². The Morgan fingerprint density at radius 2 is 2.05 bits per heavy atom. The second-order valence-electron chi connectivity index (χ2n) is 4.33. The van der Waals surface area contributed by atoms with E-state index in [1.54, 1.807) is 23.5 Å². The smallest absolute Gasteiger partial charge is 0.128 e. The van der Waals surface area contributed by atoms with Crippen LogP contribution in [-0.4, -0.2) is 6.54 Å². The van der Waals surface area contributed by atoms with Gasteiger partial charge in [0.2, 0.25) is 0 Å². The van der Waals surface area contributed by atoms with Crippen molar-refractivity contribution in [3.63, 3.8) is 0 Å². The van der Waals surface area contributed by atoms with E-state index in [1.807, 2.05) is 6.07 Å². The average Bonchev–Trinajstić information content (AvgIpc) is 2.73. The molecule has 0 aliphatic rings. The van der Waals surface area contributed by atoms with Crippen LogP contribution in [-0.2, 0) is 0 Å². The molecule has 0 saturated heterocycles. The SMILES string of the molecule is CCCNC(c1cc(Cl)ccc1F)c1cc(Br)sc1Br. The molecule has 2 aromatic rings. The lowest BCUT2D eigenvalue weighted by Crippen LogP contribution is -2.24. The van der Waals surface area contributed by atoms with Crippen LogP contribution in [0.25, 0.3) is 0 Å². The highest BCUT2D eigenvalue weighted by molar-refractivity contribution is 9.12. The summed E-state index contributed by atoms with van der Waals surface area (Å²) in [5.74, 6) is -0.253. The number of thiophene rings is 1. The predicted molar refractivity (Wildman–Crippen MR) is 91.3 cm³/mol. The van der Waals surface area contributed by atoms with Crippen molar-refractivity contribution in [3.05, 3.63) is 53.8 Å². The maximum Gasteiger partial charge on any atom is 0.128 e. The largest absolute Gasteiger partial charge is 0.306 e. The second kappa shape index (κ2) is 7.36. The van der Waals surface area contributed by atoms with Crippen LogP contribution in [0.15, 0.2) is 31.8 Å². The first kappa shape index (κ1) is 16.4. The topological polar surface area (TPSA) is 12.0 Å². The van der Waals surface area contributed by atoms with Gasteiger partial charge in [0.15, 0.2) is 0 Å². The molecule has 0 aliphatic heterocycles. The molecule has 1 unspecified atom stereocenters. The Morgan fingerprint density at radius 1 is 1.30 bits per heavy atom. The first-order valence-corrected chi connectivity index (χ1v) is 8.94. The zero-order valence-electron chi connectivity index (χ0n) is 10.7. The summed E-state index contributed by atoms with van der Waals surface area (Å²) in [6, 6.07) is 6.44. The van der Waals surface area contributed by atoms with Gasteiger partial charge < -0.3 is 5.32 Å². The van der Waals surface area contributed by atoms with Gasteiger partial charge in [-0.25, -0.2) is 4.39 Å². The van der Waals surface area contributed by atoms with E-state index in [4.69, 9.17) is 11.6 Å². The molecule has 1 aromatic carbocycles. The van der Waals surface area contributed by atoms with Crippen LogP contribution in [0.5, 0.6) is 0 Å². The van der Waals surface area contributed by atoms with Crippen LogP contribution in [0, 0.1) is 5.82 Å². The Bertz CT molecular complexity index is 603. The standard InChI is InChI=1S/C14H13Br2ClFNS/c1-2-5-19-13(10-7-12(15)20-14(10)16)9-6-8(17)3-4-11(9)18/h3-4,6-7,13,19H,2,5H2,1H3. The minimum Gasteiger partial charge on any atom is -0.306 e. The van der Waals surface area contributed by atoms with Crippen molar-refractivity contribution in [2.75, 3.05) is 6.54 Å². The maximum absolute atomic E-state index is 14.1. The van der Waals surface area contributed by atoms with Crippen molar-refractivity contribution in [1.29, 1.82) is 0 Å². The highest BCUT2D eigenvalue weighted by Gasteiger charge is 2.21. The van der Waals surface area contributed by atoms with Crippen molar-refractivity contribution >= 4 is 54.8 Å². The van der Waals surface area contributed by atoms with E-state index in [0.717, 1.165) is 26.1 Å². The van der Waals surface area contributed by atoms with Gasteiger partial charge in [0.25, 0.3) is 0 Å². The molecular weight excluding hydrogens is 428 g/mol. The molecule has 0 spiro atoms. The van der Waals surface area contributed by atoms with E-state index >= 15 is 0 Å². The van der Waals surface area contributed by atoms with Crippen LogP contribution in [0.1, 0.15) is 30.5 Å². The summed E-state index contributed by atoms with van der Waals surface area (Å²) in [5.41, 5.74) is 1.58. The molecule has 6 heteroatoms. The molecular formula is C14H13Br2ClFNS. The fourth-order valence-electron chi connectivity index (χ4n) is 1.96. The number of benzene rings is 1. The van der Waals surface area contributed by atoms with Crippen LogP contribution in [0.3, 0.4) is 0 Å². The minimum atomic E-state index is -0.253. The molecule has 108 valence electrons. The maximum atomic E-state index is 14.1. The Hall–Kier alpha value is 0.0600. The van der Waals surface area contributed by atoms with Gasteiger partial charge in [-0.3, -0.25) is 0 Å². The Balaban J connectivity index is 2.46. The first-order chi connectivity index (χ1) is 9.52. The fraction of sp³-hybridized carbons (Fsp3) is 0.286. The van der Waals surface area contributed by atoms with Crippen molar-refractivity contribution in [3.8, 4) is 0 Å². The molecule has 0 aliphatic carbocycles. The lowest BCUT2D eigenvalue weighted by atomic mass is 10.0. The van der Waals surface area contributed by atoms with Gasteiger partial charge in [0.1, 0.15) is 5.82 Å². The molecule has 2 rings (SSSR count). The summed E-state index contributed by atoms with van der Waals surface area (Å²) in [6.45, 7) is 2.88. The van der Waals surface area contributed by atoms with Gasteiger partial charge in [-0.1, -0.05) is 18.5 Å². The summed E-state index contributed by atoms with van der Waals surface area (Å²) in [7, 11) is 0. The average molecular weight is 442 g/mol. The number of nitrogens with one attached hydrogen (secondary N) is 1. The molecule has 0 saturated carbocycles. The normalized spacial score (nSPS) is 12.7. The molecule has 20 heavy (non-hydrogen) atoms. The van der Waals surface area contributed by atoms with Crippen LogP contribution >= 0.6 is 54.8 Å².